The van der Waals surface area contributed by atoms with Crippen molar-refractivity contribution < 1.29 is 9.53 Å². The van der Waals surface area contributed by atoms with Crippen molar-refractivity contribution in [2.24, 2.45) is 5.92 Å². The molecule has 1 aliphatic rings. The lowest BCUT2D eigenvalue weighted by Crippen LogP contribution is -2.24. The fraction of sp³-hybridized carbons (Fsp3) is 0.387. The van der Waals surface area contributed by atoms with Gasteiger partial charge >= 0.3 is 5.97 Å². The molecule has 1 saturated carbocycles. The first-order chi connectivity index (χ1) is 16.1. The van der Waals surface area contributed by atoms with Crippen molar-refractivity contribution in [1.29, 1.82) is 0 Å². The Morgan fingerprint density at radius 1 is 0.848 bits per heavy atom. The molecule has 0 radical (unpaired) electrons. The van der Waals surface area contributed by atoms with Gasteiger partial charge in [0.2, 0.25) is 0 Å². The van der Waals surface area contributed by atoms with Crippen LogP contribution in [0.2, 0.25) is 0 Å². The third-order valence-electron chi connectivity index (χ3n) is 7.08. The third kappa shape index (κ3) is 6.35. The molecule has 2 nitrogen and oxygen atoms in total. The molecule has 1 fully saturated rings. The number of hydrogen-bond acceptors (Lipinski definition) is 2. The van der Waals surface area contributed by atoms with E-state index in [1.807, 2.05) is 24.3 Å². The molecule has 1 aliphatic carbocycles. The van der Waals surface area contributed by atoms with Gasteiger partial charge in [-0.1, -0.05) is 93.4 Å². The maximum atomic E-state index is 12.6. The molecule has 3 aromatic rings. The maximum Gasteiger partial charge on any atom is 0.338 e. The van der Waals surface area contributed by atoms with Crippen LogP contribution in [0.25, 0.3) is 11.1 Å². The lowest BCUT2D eigenvalue weighted by Gasteiger charge is -2.28. The number of carbonyl (C=O) groups excluding carboxylic acids is 1. The minimum Gasteiger partial charge on any atom is -0.459 e. The van der Waals surface area contributed by atoms with E-state index in [1.165, 1.54) is 42.4 Å². The lowest BCUT2D eigenvalue weighted by molar-refractivity contribution is 0.0161. The first-order valence-electron chi connectivity index (χ1n) is 12.6. The average Bonchev–Trinajstić information content (AvgIpc) is 2.86. The standard InChI is InChI=1S/C31H36O2/c1-3-7-24-12-20-30(21-13-24)33-31(32)29-18-16-28(17-19-29)27-14-10-25(11-15-27)22-23(2)26-8-5-4-6-9-26/h4-6,8-11,14-19,23-24,30H,3,7,12-13,20-22H2,1-2H3/t23-,24?,30?/m0/s1. The number of benzene rings is 3. The summed E-state index contributed by atoms with van der Waals surface area (Å²) in [6, 6.07) is 27.3. The number of hydrogen-bond donors (Lipinski definition) is 0. The summed E-state index contributed by atoms with van der Waals surface area (Å²) in [4.78, 5) is 12.6. The van der Waals surface area contributed by atoms with E-state index >= 15 is 0 Å². The Morgan fingerprint density at radius 2 is 1.45 bits per heavy atom. The number of rotatable bonds is 8. The van der Waals surface area contributed by atoms with Crippen LogP contribution in [-0.2, 0) is 11.2 Å². The van der Waals surface area contributed by atoms with Crippen LogP contribution in [0, 0.1) is 5.92 Å². The largest absolute Gasteiger partial charge is 0.459 e. The van der Waals surface area contributed by atoms with E-state index in [-0.39, 0.29) is 12.1 Å². The van der Waals surface area contributed by atoms with E-state index < -0.39 is 0 Å². The highest BCUT2D eigenvalue weighted by Gasteiger charge is 2.23. The minimum absolute atomic E-state index is 0.0797. The van der Waals surface area contributed by atoms with Crippen LogP contribution in [0.4, 0.5) is 0 Å². The first-order valence-corrected chi connectivity index (χ1v) is 12.6. The molecule has 0 unspecified atom stereocenters. The molecule has 4 rings (SSSR count). The molecule has 33 heavy (non-hydrogen) atoms. The summed E-state index contributed by atoms with van der Waals surface area (Å²) in [5.41, 5.74) is 5.64. The average molecular weight is 441 g/mol. The van der Waals surface area contributed by atoms with Gasteiger partial charge in [0.1, 0.15) is 6.10 Å². The summed E-state index contributed by atoms with van der Waals surface area (Å²) in [6.45, 7) is 4.52. The summed E-state index contributed by atoms with van der Waals surface area (Å²) in [7, 11) is 0. The Hall–Kier alpha value is -2.87. The molecule has 0 saturated heterocycles. The van der Waals surface area contributed by atoms with Crippen LogP contribution in [0.3, 0.4) is 0 Å². The number of carbonyl (C=O) groups is 1. The van der Waals surface area contributed by atoms with Gasteiger partial charge in [0, 0.05) is 0 Å². The predicted octanol–water partition coefficient (Wildman–Crippen LogP) is 8.22. The van der Waals surface area contributed by atoms with E-state index in [1.54, 1.807) is 0 Å². The van der Waals surface area contributed by atoms with Crippen LogP contribution < -0.4 is 0 Å². The van der Waals surface area contributed by atoms with E-state index in [0.29, 0.717) is 11.5 Å². The van der Waals surface area contributed by atoms with Gasteiger partial charge in [0.05, 0.1) is 5.56 Å². The number of ether oxygens (including phenoxy) is 1. The van der Waals surface area contributed by atoms with E-state index in [2.05, 4.69) is 68.4 Å². The predicted molar refractivity (Wildman–Crippen MR) is 137 cm³/mol. The van der Waals surface area contributed by atoms with Crippen LogP contribution in [0.5, 0.6) is 0 Å². The zero-order chi connectivity index (χ0) is 23.0. The van der Waals surface area contributed by atoms with Crippen molar-refractivity contribution in [3.63, 3.8) is 0 Å². The highest BCUT2D eigenvalue weighted by atomic mass is 16.5. The second-order valence-electron chi connectivity index (χ2n) is 9.63. The van der Waals surface area contributed by atoms with Gasteiger partial charge in [-0.2, -0.15) is 0 Å². The minimum atomic E-state index is -0.189. The highest BCUT2D eigenvalue weighted by molar-refractivity contribution is 5.90. The fourth-order valence-electron chi connectivity index (χ4n) is 5.05. The highest BCUT2D eigenvalue weighted by Crippen LogP contribution is 2.30. The van der Waals surface area contributed by atoms with Crippen molar-refractivity contribution in [1.82, 2.24) is 0 Å². The second kappa shape index (κ2) is 11.3. The van der Waals surface area contributed by atoms with E-state index in [4.69, 9.17) is 4.74 Å². The zero-order valence-corrected chi connectivity index (χ0v) is 20.0. The lowest BCUT2D eigenvalue weighted by atomic mass is 9.85. The molecule has 2 heteroatoms. The van der Waals surface area contributed by atoms with Crippen LogP contribution in [0.1, 0.15) is 79.8 Å². The van der Waals surface area contributed by atoms with Crippen LogP contribution in [0.15, 0.2) is 78.9 Å². The summed E-state index contributed by atoms with van der Waals surface area (Å²) in [5.74, 6) is 1.12. The molecule has 1 atom stereocenters. The Morgan fingerprint density at radius 3 is 2.06 bits per heavy atom. The summed E-state index contributed by atoms with van der Waals surface area (Å²) in [6.07, 6.45) is 8.03. The third-order valence-corrected chi connectivity index (χ3v) is 7.08. The summed E-state index contributed by atoms with van der Waals surface area (Å²) < 4.78 is 5.80. The Kier molecular flexibility index (Phi) is 7.99. The van der Waals surface area contributed by atoms with Gasteiger partial charge in [-0.25, -0.2) is 4.79 Å². The fourth-order valence-corrected chi connectivity index (χ4v) is 5.05. The summed E-state index contributed by atoms with van der Waals surface area (Å²) in [5, 5.41) is 0. The second-order valence-corrected chi connectivity index (χ2v) is 9.63. The first kappa shape index (κ1) is 23.3. The topological polar surface area (TPSA) is 26.3 Å². The molecule has 0 spiro atoms. The Labute approximate surface area is 199 Å². The van der Waals surface area contributed by atoms with E-state index in [0.717, 1.165) is 30.7 Å². The van der Waals surface area contributed by atoms with Crippen molar-refractivity contribution in [2.75, 3.05) is 0 Å². The molecule has 0 bridgehead atoms. The quantitative estimate of drug-likeness (QED) is 0.330. The van der Waals surface area contributed by atoms with Gasteiger partial charge in [-0.15, -0.1) is 0 Å². The van der Waals surface area contributed by atoms with Crippen molar-refractivity contribution in [3.05, 3.63) is 95.6 Å². The molecule has 0 N–H and O–H groups in total. The van der Waals surface area contributed by atoms with Gasteiger partial charge < -0.3 is 4.74 Å². The van der Waals surface area contributed by atoms with Gasteiger partial charge in [0.15, 0.2) is 0 Å². The molecule has 0 amide bonds. The Bertz CT molecular complexity index is 997. The van der Waals surface area contributed by atoms with Crippen LogP contribution in [-0.4, -0.2) is 12.1 Å². The van der Waals surface area contributed by atoms with Gasteiger partial charge in [0.25, 0.3) is 0 Å². The molecule has 3 aromatic carbocycles. The SMILES string of the molecule is CCCC1CCC(OC(=O)c2ccc(-c3ccc(C[C@H](C)c4ccccc4)cc3)cc2)CC1. The van der Waals surface area contributed by atoms with Gasteiger partial charge in [-0.3, -0.25) is 0 Å². The van der Waals surface area contributed by atoms with Crippen molar-refractivity contribution in [3.8, 4) is 11.1 Å². The number of esters is 1. The zero-order valence-electron chi connectivity index (χ0n) is 20.0. The molecular formula is C31H36O2. The maximum absolute atomic E-state index is 12.6. The summed E-state index contributed by atoms with van der Waals surface area (Å²) >= 11 is 0. The monoisotopic (exact) mass is 440 g/mol. The smallest absolute Gasteiger partial charge is 0.338 e. The van der Waals surface area contributed by atoms with E-state index in [9.17, 15) is 4.79 Å². The van der Waals surface area contributed by atoms with Crippen LogP contribution >= 0.6 is 0 Å². The molecular weight excluding hydrogens is 404 g/mol. The molecule has 0 aliphatic heterocycles. The normalized spacial score (nSPS) is 19.1. The van der Waals surface area contributed by atoms with Crippen molar-refractivity contribution in [2.45, 2.75) is 70.8 Å². The molecule has 0 aromatic heterocycles. The molecule has 172 valence electrons. The Balaban J connectivity index is 1.32. The van der Waals surface area contributed by atoms with Gasteiger partial charge in [-0.05, 0) is 78.3 Å². The van der Waals surface area contributed by atoms with Crippen molar-refractivity contribution >= 4 is 5.97 Å². The molecule has 0 heterocycles.